The van der Waals surface area contributed by atoms with Crippen LogP contribution < -0.4 is 5.32 Å². The van der Waals surface area contributed by atoms with Gasteiger partial charge in [-0.1, -0.05) is 24.3 Å². The summed E-state index contributed by atoms with van der Waals surface area (Å²) in [5, 5.41) is 20.0. The van der Waals surface area contributed by atoms with Crippen molar-refractivity contribution in [3.8, 4) is 16.3 Å². The van der Waals surface area contributed by atoms with E-state index < -0.39 is 16.6 Å². The minimum Gasteiger partial charge on any atom is -0.318 e. The fourth-order valence-electron chi connectivity index (χ4n) is 2.77. The summed E-state index contributed by atoms with van der Waals surface area (Å²) < 4.78 is 15.3. The molecule has 2 heterocycles. The average molecular weight is 408 g/mol. The Morgan fingerprint density at radius 3 is 2.66 bits per heavy atom. The molecule has 2 aromatic carbocycles. The number of para-hydroxylation sites is 1. The van der Waals surface area contributed by atoms with Gasteiger partial charge in [0.05, 0.1) is 21.2 Å². The van der Waals surface area contributed by atoms with E-state index in [1.165, 1.54) is 52.4 Å². The third-order valence-corrected chi connectivity index (χ3v) is 5.02. The lowest BCUT2D eigenvalue weighted by Gasteiger charge is -2.09. The maximum absolute atomic E-state index is 13.9. The van der Waals surface area contributed by atoms with E-state index in [0.29, 0.717) is 11.4 Å². The number of hydrogen-bond acceptors (Lipinski definition) is 5. The van der Waals surface area contributed by atoms with Gasteiger partial charge in [0.2, 0.25) is 0 Å². The second-order valence-corrected chi connectivity index (χ2v) is 6.96. The van der Waals surface area contributed by atoms with Crippen molar-refractivity contribution in [3.05, 3.63) is 93.7 Å². The van der Waals surface area contributed by atoms with Gasteiger partial charge >= 0.3 is 0 Å². The van der Waals surface area contributed by atoms with E-state index in [4.69, 9.17) is 0 Å². The topological polar surface area (TPSA) is 90.1 Å². The molecule has 4 rings (SSSR count). The first-order chi connectivity index (χ1) is 14.0. The van der Waals surface area contributed by atoms with Crippen molar-refractivity contribution in [2.24, 2.45) is 0 Å². The number of carbonyl (C=O) groups is 1. The van der Waals surface area contributed by atoms with Crippen LogP contribution in [0.1, 0.15) is 10.5 Å². The molecule has 0 aliphatic rings. The first-order valence-electron chi connectivity index (χ1n) is 8.47. The molecule has 2 aromatic heterocycles. The lowest BCUT2D eigenvalue weighted by Crippen LogP contribution is -2.17. The lowest BCUT2D eigenvalue weighted by molar-refractivity contribution is -0.384. The summed E-state index contributed by atoms with van der Waals surface area (Å²) in [7, 11) is 0. The van der Waals surface area contributed by atoms with E-state index in [0.717, 1.165) is 4.88 Å². The molecule has 0 bridgehead atoms. The number of carbonyl (C=O) groups excluding carboxylic acids is 1. The normalized spacial score (nSPS) is 10.7. The molecular weight excluding hydrogens is 395 g/mol. The maximum Gasteiger partial charge on any atom is 0.274 e. The highest BCUT2D eigenvalue weighted by atomic mass is 32.1. The van der Waals surface area contributed by atoms with Gasteiger partial charge in [-0.05, 0) is 35.7 Å². The van der Waals surface area contributed by atoms with Gasteiger partial charge in [0, 0.05) is 12.1 Å². The van der Waals surface area contributed by atoms with Crippen LogP contribution in [0.2, 0.25) is 0 Å². The van der Waals surface area contributed by atoms with Crippen molar-refractivity contribution in [3.63, 3.8) is 0 Å². The molecule has 0 unspecified atom stereocenters. The largest absolute Gasteiger partial charge is 0.318 e. The molecule has 7 nitrogen and oxygen atoms in total. The van der Waals surface area contributed by atoms with Crippen molar-refractivity contribution in [2.45, 2.75) is 0 Å². The van der Waals surface area contributed by atoms with Gasteiger partial charge in [0.15, 0.2) is 0 Å². The Kier molecular flexibility index (Phi) is 4.88. The summed E-state index contributed by atoms with van der Waals surface area (Å²) in [5.74, 6) is -1.15. The number of nitro groups is 1. The summed E-state index contributed by atoms with van der Waals surface area (Å²) in [4.78, 5) is 24.3. The number of halogens is 1. The molecule has 0 radical (unpaired) electrons. The highest BCUT2D eigenvalue weighted by Crippen LogP contribution is 2.27. The molecule has 0 aliphatic carbocycles. The number of non-ortho nitro benzene ring substituents is 1. The molecule has 1 N–H and O–H groups in total. The number of hydrogen-bond donors (Lipinski definition) is 1. The number of benzene rings is 2. The van der Waals surface area contributed by atoms with E-state index in [2.05, 4.69) is 10.4 Å². The molecule has 9 heteroatoms. The zero-order valence-electron chi connectivity index (χ0n) is 14.8. The molecule has 0 aliphatic heterocycles. The number of nitrogens with one attached hydrogen (secondary N) is 1. The van der Waals surface area contributed by atoms with Crippen LogP contribution in [-0.4, -0.2) is 20.6 Å². The number of nitrogens with zero attached hydrogens (tertiary/aromatic N) is 3. The lowest BCUT2D eigenvalue weighted by atomic mass is 10.2. The SMILES string of the molecule is O=C(Nc1ccccc1F)c1cc(-c2cccs2)nn1-c1cccc([N+](=O)[O-])c1. The molecule has 29 heavy (non-hydrogen) atoms. The Hall–Kier alpha value is -3.85. The van der Waals surface area contributed by atoms with Gasteiger partial charge in [-0.3, -0.25) is 14.9 Å². The van der Waals surface area contributed by atoms with E-state index >= 15 is 0 Å². The molecule has 0 atom stereocenters. The smallest absolute Gasteiger partial charge is 0.274 e. The van der Waals surface area contributed by atoms with Crippen LogP contribution in [0.4, 0.5) is 15.8 Å². The zero-order chi connectivity index (χ0) is 20.4. The van der Waals surface area contributed by atoms with Gasteiger partial charge in [-0.2, -0.15) is 5.10 Å². The van der Waals surface area contributed by atoms with E-state index in [1.54, 1.807) is 18.2 Å². The number of rotatable bonds is 5. The summed E-state index contributed by atoms with van der Waals surface area (Å²) in [5.41, 5.74) is 0.904. The van der Waals surface area contributed by atoms with Gasteiger partial charge < -0.3 is 5.32 Å². The van der Waals surface area contributed by atoms with Crippen molar-refractivity contribution >= 4 is 28.6 Å². The number of nitro benzene ring substituents is 1. The fourth-order valence-corrected chi connectivity index (χ4v) is 3.45. The summed E-state index contributed by atoms with van der Waals surface area (Å²) >= 11 is 1.44. The zero-order valence-corrected chi connectivity index (χ0v) is 15.6. The van der Waals surface area contributed by atoms with Crippen LogP contribution in [0.25, 0.3) is 16.3 Å². The van der Waals surface area contributed by atoms with Crippen molar-refractivity contribution in [1.82, 2.24) is 9.78 Å². The molecular formula is C20H13FN4O3S. The number of thiophene rings is 1. The Morgan fingerprint density at radius 1 is 1.10 bits per heavy atom. The van der Waals surface area contributed by atoms with E-state index in [9.17, 15) is 19.3 Å². The Balaban J connectivity index is 1.80. The van der Waals surface area contributed by atoms with Gasteiger partial charge in [0.25, 0.3) is 11.6 Å². The predicted octanol–water partition coefficient (Wildman–Crippen LogP) is 4.90. The highest BCUT2D eigenvalue weighted by Gasteiger charge is 2.20. The molecule has 0 saturated heterocycles. The fraction of sp³-hybridized carbons (Fsp3) is 0. The summed E-state index contributed by atoms with van der Waals surface area (Å²) in [6.07, 6.45) is 0. The van der Waals surface area contributed by atoms with Crippen LogP contribution in [0, 0.1) is 15.9 Å². The predicted molar refractivity (Wildman–Crippen MR) is 108 cm³/mol. The maximum atomic E-state index is 13.9. The van der Waals surface area contributed by atoms with Crippen LogP contribution in [-0.2, 0) is 0 Å². The minimum atomic E-state index is -0.586. The first kappa shape index (κ1) is 18.5. The molecule has 1 amide bonds. The van der Waals surface area contributed by atoms with Gasteiger partial charge in [-0.25, -0.2) is 9.07 Å². The number of aromatic nitrogens is 2. The van der Waals surface area contributed by atoms with Crippen LogP contribution >= 0.6 is 11.3 Å². The quantitative estimate of drug-likeness (QED) is 0.376. The Labute approximate surface area is 168 Å². The van der Waals surface area contributed by atoms with Crippen molar-refractivity contribution in [2.75, 3.05) is 5.32 Å². The van der Waals surface area contributed by atoms with Crippen LogP contribution in [0.3, 0.4) is 0 Å². The Bertz CT molecular complexity index is 1200. The second-order valence-electron chi connectivity index (χ2n) is 6.01. The van der Waals surface area contributed by atoms with Gasteiger partial charge in [-0.15, -0.1) is 11.3 Å². The number of amides is 1. The average Bonchev–Trinajstić information content (AvgIpc) is 3.39. The van der Waals surface area contributed by atoms with Crippen LogP contribution in [0.15, 0.2) is 72.1 Å². The molecule has 0 spiro atoms. The number of anilines is 1. The van der Waals surface area contributed by atoms with E-state index in [-0.39, 0.29) is 17.1 Å². The monoisotopic (exact) mass is 408 g/mol. The molecule has 0 saturated carbocycles. The Morgan fingerprint density at radius 2 is 1.93 bits per heavy atom. The summed E-state index contributed by atoms with van der Waals surface area (Å²) in [6.45, 7) is 0. The molecule has 0 fully saturated rings. The first-order valence-corrected chi connectivity index (χ1v) is 9.35. The molecule has 4 aromatic rings. The molecule has 144 valence electrons. The van der Waals surface area contributed by atoms with Crippen molar-refractivity contribution < 1.29 is 14.1 Å². The van der Waals surface area contributed by atoms with Gasteiger partial charge in [0.1, 0.15) is 17.2 Å². The summed E-state index contributed by atoms with van der Waals surface area (Å²) in [6, 6.07) is 16.9. The third kappa shape index (κ3) is 3.76. The minimum absolute atomic E-state index is 0.0296. The highest BCUT2D eigenvalue weighted by molar-refractivity contribution is 7.13. The van der Waals surface area contributed by atoms with Crippen LogP contribution in [0.5, 0.6) is 0 Å². The van der Waals surface area contributed by atoms with Crippen molar-refractivity contribution in [1.29, 1.82) is 0 Å². The third-order valence-electron chi connectivity index (χ3n) is 4.12. The standard InChI is InChI=1S/C20H13FN4O3S/c21-15-7-1-2-8-16(15)22-20(26)18-12-17(19-9-4-10-29-19)23-24(18)13-5-3-6-14(11-13)25(27)28/h1-12H,(H,22,26). The van der Waals surface area contributed by atoms with E-state index in [1.807, 2.05) is 17.5 Å². The second kappa shape index (κ2) is 7.64.